The second-order valence-electron chi connectivity index (χ2n) is 13.8. The number of H-pyrrole nitrogens is 1. The molecule has 2 aliphatic heterocycles. The van der Waals surface area contributed by atoms with Crippen LogP contribution in [0.25, 0.3) is 22.2 Å². The van der Waals surface area contributed by atoms with E-state index in [0.717, 1.165) is 67.1 Å². The molecule has 1 N–H and O–H groups in total. The van der Waals surface area contributed by atoms with Crippen molar-refractivity contribution in [3.63, 3.8) is 0 Å². The largest absolute Gasteiger partial charge is 0.492 e. The molecule has 2 unspecified atom stereocenters. The van der Waals surface area contributed by atoms with Crippen LogP contribution >= 0.6 is 0 Å². The number of nitrogens with one attached hydrogen (secondary N) is 1. The summed E-state index contributed by atoms with van der Waals surface area (Å²) in [6, 6.07) is 9.95. The number of aromatic nitrogens is 2. The number of halogens is 1. The normalized spacial score (nSPS) is 25.9. The molecule has 0 amide bonds. The lowest BCUT2D eigenvalue weighted by Crippen LogP contribution is -2.62. The number of nitrogens with zero attached hydrogens (tertiary/aromatic N) is 4. The van der Waals surface area contributed by atoms with Gasteiger partial charge in [0.25, 0.3) is 0 Å². The summed E-state index contributed by atoms with van der Waals surface area (Å²) in [6.45, 7) is 9.97. The van der Waals surface area contributed by atoms with Gasteiger partial charge in [-0.3, -0.25) is 9.89 Å². The van der Waals surface area contributed by atoms with Crippen LogP contribution in [0, 0.1) is 24.1 Å². The van der Waals surface area contributed by atoms with Crippen LogP contribution in [0.15, 0.2) is 46.6 Å². The molecule has 4 aliphatic rings. The van der Waals surface area contributed by atoms with Gasteiger partial charge in [-0.2, -0.15) is 0 Å². The first kappa shape index (κ1) is 26.8. The second kappa shape index (κ2) is 9.77. The molecule has 7 rings (SSSR count). The molecule has 1 saturated carbocycles. The first-order valence-corrected chi connectivity index (χ1v) is 15.2. The predicted molar refractivity (Wildman–Crippen MR) is 165 cm³/mol. The summed E-state index contributed by atoms with van der Waals surface area (Å²) >= 11 is 0. The Morgan fingerprint density at radius 1 is 1.20 bits per heavy atom. The van der Waals surface area contributed by atoms with Crippen molar-refractivity contribution in [2.75, 3.05) is 33.8 Å². The van der Waals surface area contributed by atoms with Crippen molar-refractivity contribution < 1.29 is 10.6 Å². The van der Waals surface area contributed by atoms with Crippen LogP contribution in [0.1, 0.15) is 65.2 Å². The smallest absolute Gasteiger partial charge is 0.158 e. The maximum Gasteiger partial charge on any atom is 0.158 e. The van der Waals surface area contributed by atoms with Gasteiger partial charge in [0, 0.05) is 49.1 Å². The number of allylic oxidation sites excluding steroid dienone is 1. The summed E-state index contributed by atoms with van der Waals surface area (Å²) < 4.78 is 22.0. The first-order chi connectivity index (χ1) is 19.6. The second-order valence-corrected chi connectivity index (χ2v) is 13.8. The molecule has 2 aliphatic carbocycles. The molecule has 2 aromatic carbocycles. The molecule has 1 fully saturated rings. The highest BCUT2D eigenvalue weighted by molar-refractivity contribution is 5.88. The van der Waals surface area contributed by atoms with E-state index in [2.05, 4.69) is 53.8 Å². The minimum Gasteiger partial charge on any atom is -0.492 e. The van der Waals surface area contributed by atoms with Crippen LogP contribution in [0.3, 0.4) is 0 Å². The third-order valence-electron chi connectivity index (χ3n) is 10.0. The molecule has 0 saturated heterocycles. The highest BCUT2D eigenvalue weighted by Crippen LogP contribution is 2.58. The van der Waals surface area contributed by atoms with Crippen LogP contribution in [-0.2, 0) is 6.54 Å². The molecule has 0 bridgehead atoms. The van der Waals surface area contributed by atoms with Gasteiger partial charge in [0.15, 0.2) is 5.82 Å². The lowest BCUT2D eigenvalue weighted by Gasteiger charge is -2.59. The topological polar surface area (TPSA) is 56.8 Å². The van der Waals surface area contributed by atoms with Crippen molar-refractivity contribution in [1.29, 1.82) is 0 Å². The zero-order valence-corrected chi connectivity index (χ0v) is 25.1. The van der Waals surface area contributed by atoms with Gasteiger partial charge < -0.3 is 14.6 Å². The maximum atomic E-state index is 15.7. The summed E-state index contributed by atoms with van der Waals surface area (Å²) in [7, 11) is 4.30. The summed E-state index contributed by atoms with van der Waals surface area (Å²) in [4.78, 5) is 17.9. The average Bonchev–Trinajstić information content (AvgIpc) is 3.12. The van der Waals surface area contributed by atoms with Gasteiger partial charge >= 0.3 is 0 Å². The molecule has 3 aromatic rings. The van der Waals surface area contributed by atoms with E-state index in [0.29, 0.717) is 23.6 Å². The monoisotopic (exact) mass is 557 g/mol. The number of hydrogen-bond acceptors (Lipinski definition) is 5. The summed E-state index contributed by atoms with van der Waals surface area (Å²) in [5, 5.41) is 0. The summed E-state index contributed by atoms with van der Waals surface area (Å²) in [5.41, 5.74) is 8.28. The van der Waals surface area contributed by atoms with Crippen molar-refractivity contribution in [3.8, 4) is 16.9 Å². The molecule has 0 spiro atoms. The Morgan fingerprint density at radius 3 is 2.83 bits per heavy atom. The Hall–Kier alpha value is -3.03. The van der Waals surface area contributed by atoms with Crippen LogP contribution in [0.4, 0.5) is 4.39 Å². The van der Waals surface area contributed by atoms with E-state index in [4.69, 9.17) is 9.73 Å². The Bertz CT molecular complexity index is 1590. The predicted octanol–water partition coefficient (Wildman–Crippen LogP) is 7.14. The molecular weight excluding hydrogens is 513 g/mol. The lowest BCUT2D eigenvalue weighted by atomic mass is 9.56. The van der Waals surface area contributed by atoms with E-state index in [1.54, 1.807) is 5.57 Å². The van der Waals surface area contributed by atoms with E-state index in [1.807, 2.05) is 31.2 Å². The number of aliphatic imine (C=N–C) groups is 1. The van der Waals surface area contributed by atoms with E-state index in [-0.39, 0.29) is 18.2 Å². The first-order valence-electron chi connectivity index (χ1n) is 15.2. The zero-order valence-electron chi connectivity index (χ0n) is 25.1. The van der Waals surface area contributed by atoms with E-state index in [9.17, 15) is 0 Å². The third kappa shape index (κ3) is 4.52. The highest BCUT2D eigenvalue weighted by atomic mass is 19.1. The molecule has 3 heterocycles. The van der Waals surface area contributed by atoms with Gasteiger partial charge in [-0.1, -0.05) is 19.9 Å². The Labute approximate surface area is 244 Å². The van der Waals surface area contributed by atoms with E-state index >= 15 is 4.39 Å². The summed E-state index contributed by atoms with van der Waals surface area (Å²) in [5.74, 6) is 1.92. The van der Waals surface area contributed by atoms with Crippen molar-refractivity contribution in [2.24, 2.45) is 16.3 Å². The molecule has 41 heavy (non-hydrogen) atoms. The van der Waals surface area contributed by atoms with Crippen molar-refractivity contribution in [2.45, 2.75) is 71.4 Å². The molecule has 1 aromatic heterocycles. The van der Waals surface area contributed by atoms with Gasteiger partial charge in [0.1, 0.15) is 23.7 Å². The van der Waals surface area contributed by atoms with Crippen LogP contribution in [0.5, 0.6) is 5.75 Å². The number of rotatable bonds is 4. The zero-order chi connectivity index (χ0) is 28.5. The van der Waals surface area contributed by atoms with Gasteiger partial charge in [0.2, 0.25) is 0 Å². The van der Waals surface area contributed by atoms with E-state index in [1.165, 1.54) is 30.7 Å². The Morgan fingerprint density at radius 2 is 2.05 bits per heavy atom. The summed E-state index contributed by atoms with van der Waals surface area (Å²) in [6.07, 6.45) is 6.83. The fraction of sp³-hybridized carbons (Fsp3) is 0.529. The van der Waals surface area contributed by atoms with Crippen molar-refractivity contribution >= 4 is 16.7 Å². The van der Waals surface area contributed by atoms with Gasteiger partial charge in [-0.15, -0.1) is 0 Å². The molecule has 218 valence electrons. The number of benzene rings is 2. The van der Waals surface area contributed by atoms with Crippen LogP contribution in [-0.4, -0.2) is 64.8 Å². The number of aryl methyl sites for hydroxylation is 1. The molecule has 2 atom stereocenters. The van der Waals surface area contributed by atoms with Gasteiger partial charge in [0.05, 0.1) is 5.52 Å². The molecule has 7 heteroatoms. The number of imidazole rings is 1. The molecule has 6 nitrogen and oxygen atoms in total. The standard InChI is InChI=1S/C34H42FN5O.H2/c1-21-36-29-8-7-26(31(35)32(29)37-21)22-6-9-30-23(16-22)19-40(14-15-41-30)34-13-10-24(34)17-25(20-39(4)5)38-28-11-12-33(2,3)18-27(28)34;/h6-9,16,24H,10-15,17-20H2,1-5H3,(H,36,37);1H. The highest BCUT2D eigenvalue weighted by Gasteiger charge is 2.56. The number of aromatic amines is 1. The number of fused-ring (bicyclic) bond motifs is 4. The lowest BCUT2D eigenvalue weighted by molar-refractivity contribution is -0.0273. The fourth-order valence-electron chi connectivity index (χ4n) is 7.98. The third-order valence-corrected chi connectivity index (χ3v) is 10.0. The number of hydrogen-bond donors (Lipinski definition) is 1. The number of ether oxygens (including phenoxy) is 1. The van der Waals surface area contributed by atoms with Crippen molar-refractivity contribution in [3.05, 3.63) is 58.8 Å². The average molecular weight is 558 g/mol. The van der Waals surface area contributed by atoms with Crippen LogP contribution < -0.4 is 4.74 Å². The van der Waals surface area contributed by atoms with Gasteiger partial charge in [-0.05, 0) is 106 Å². The molecule has 0 radical (unpaired) electrons. The van der Waals surface area contributed by atoms with Gasteiger partial charge in [-0.25, -0.2) is 9.37 Å². The Balaban J connectivity index is 0.00000316. The fourth-order valence-corrected chi connectivity index (χ4v) is 7.98. The maximum absolute atomic E-state index is 15.7. The quantitative estimate of drug-likeness (QED) is 0.371. The SMILES string of the molecule is Cc1nc2c(F)c(-c3ccc4c(c3)CN(C35CCC3CC(CN(C)C)=NC3=C5CC(C)(C)CC3)CCO4)ccc2[nH]1.[HH]. The Kier molecular flexibility index (Phi) is 6.40. The molecular formula is C34H44FN5O. The van der Waals surface area contributed by atoms with E-state index < -0.39 is 0 Å². The minimum absolute atomic E-state index is 0. The van der Waals surface area contributed by atoms with Crippen LogP contribution in [0.2, 0.25) is 0 Å². The van der Waals surface area contributed by atoms with Crippen molar-refractivity contribution in [1.82, 2.24) is 19.8 Å². The minimum atomic E-state index is -0.274.